The molecule has 0 saturated carbocycles. The van der Waals surface area contributed by atoms with Gasteiger partial charge in [0, 0.05) is 30.0 Å². The van der Waals surface area contributed by atoms with E-state index in [1.165, 1.54) is 7.11 Å². The van der Waals surface area contributed by atoms with E-state index in [1.807, 2.05) is 35.9 Å². The van der Waals surface area contributed by atoms with E-state index in [9.17, 15) is 4.79 Å². The first kappa shape index (κ1) is 26.1. The maximum Gasteiger partial charge on any atom is 0.358 e. The number of methoxy groups -OCH3 is 1. The molecule has 38 heavy (non-hydrogen) atoms. The van der Waals surface area contributed by atoms with Crippen LogP contribution in [0.3, 0.4) is 0 Å². The average Bonchev–Trinajstić information content (AvgIpc) is 3.30. The molecule has 1 fully saturated rings. The molecule has 0 spiro atoms. The van der Waals surface area contributed by atoms with Gasteiger partial charge in [-0.3, -0.25) is 4.98 Å². The largest absolute Gasteiger partial charge is 0.486 e. The van der Waals surface area contributed by atoms with Gasteiger partial charge in [-0.05, 0) is 68.7 Å². The van der Waals surface area contributed by atoms with Gasteiger partial charge < -0.3 is 14.2 Å². The van der Waals surface area contributed by atoms with Gasteiger partial charge >= 0.3 is 5.97 Å². The number of rotatable bonds is 7. The second kappa shape index (κ2) is 11.5. The minimum absolute atomic E-state index is 0.138. The molecule has 0 N–H and O–H groups in total. The van der Waals surface area contributed by atoms with Gasteiger partial charge in [0.05, 0.1) is 34.1 Å². The SMILES string of the molecule is COC(=O)c1ccc(/C=C/c2nn(C3CCCCO3)c3ccc(OC(C)c4c(Cl)cncc4Cl)cc23)nn1. The zero-order valence-electron chi connectivity index (χ0n) is 20.8. The lowest BCUT2D eigenvalue weighted by Gasteiger charge is -2.23. The number of hydrogen-bond donors (Lipinski definition) is 0. The van der Waals surface area contributed by atoms with E-state index in [-0.39, 0.29) is 11.9 Å². The van der Waals surface area contributed by atoms with E-state index in [0.717, 1.165) is 30.2 Å². The van der Waals surface area contributed by atoms with E-state index >= 15 is 0 Å². The zero-order valence-corrected chi connectivity index (χ0v) is 22.3. The van der Waals surface area contributed by atoms with Gasteiger partial charge in [-0.1, -0.05) is 23.2 Å². The summed E-state index contributed by atoms with van der Waals surface area (Å²) in [6, 6.07) is 9.06. The van der Waals surface area contributed by atoms with Gasteiger partial charge in [0.15, 0.2) is 11.9 Å². The van der Waals surface area contributed by atoms with Crippen LogP contribution in [0.25, 0.3) is 23.1 Å². The third-order valence-electron chi connectivity index (χ3n) is 6.24. The smallest absolute Gasteiger partial charge is 0.358 e. The predicted octanol–water partition coefficient (Wildman–Crippen LogP) is 6.32. The molecule has 1 aliphatic rings. The summed E-state index contributed by atoms with van der Waals surface area (Å²) in [5.41, 5.74) is 3.01. The number of aromatic nitrogens is 5. The standard InChI is InChI=1S/C27H25Cl2N5O4/c1-16(26-20(28)14-30-15-21(26)29)38-18-8-11-24-19(13-18)22(33-34(24)25-5-3-4-12-37-25)9-6-17-7-10-23(32-31-17)27(35)36-2/h6-11,13-16,25H,3-5,12H2,1-2H3/b9-6+. The Bertz CT molecular complexity index is 1460. The van der Waals surface area contributed by atoms with Gasteiger partial charge in [-0.15, -0.1) is 5.10 Å². The van der Waals surface area contributed by atoms with Crippen LogP contribution < -0.4 is 4.74 Å². The number of carbonyl (C=O) groups excluding carboxylic acids is 1. The molecule has 0 bridgehead atoms. The summed E-state index contributed by atoms with van der Waals surface area (Å²) in [7, 11) is 1.30. The number of fused-ring (bicyclic) bond motifs is 1. The van der Waals surface area contributed by atoms with E-state index in [0.29, 0.717) is 39.4 Å². The fourth-order valence-electron chi connectivity index (χ4n) is 4.36. The molecule has 4 heterocycles. The monoisotopic (exact) mass is 553 g/mol. The summed E-state index contributed by atoms with van der Waals surface area (Å²) < 4.78 is 18.9. The van der Waals surface area contributed by atoms with Gasteiger partial charge in [-0.2, -0.15) is 10.2 Å². The van der Waals surface area contributed by atoms with Crippen molar-refractivity contribution in [3.05, 3.63) is 75.4 Å². The summed E-state index contributed by atoms with van der Waals surface area (Å²) >= 11 is 12.7. The van der Waals surface area contributed by atoms with Crippen molar-refractivity contribution in [2.45, 2.75) is 38.5 Å². The fourth-order valence-corrected chi connectivity index (χ4v) is 5.03. The van der Waals surface area contributed by atoms with Crippen molar-refractivity contribution in [2.75, 3.05) is 13.7 Å². The third-order valence-corrected chi connectivity index (χ3v) is 6.84. The van der Waals surface area contributed by atoms with Crippen LogP contribution in [-0.2, 0) is 9.47 Å². The van der Waals surface area contributed by atoms with Crippen molar-refractivity contribution < 1.29 is 19.0 Å². The quantitative estimate of drug-likeness (QED) is 0.245. The molecule has 4 aromatic rings. The van der Waals surface area contributed by atoms with Gasteiger partial charge in [0.1, 0.15) is 11.9 Å². The molecular weight excluding hydrogens is 529 g/mol. The molecular formula is C27H25Cl2N5O4. The lowest BCUT2D eigenvalue weighted by atomic mass is 10.1. The number of ether oxygens (including phenoxy) is 3. The highest BCUT2D eigenvalue weighted by Crippen LogP contribution is 2.35. The Hall–Kier alpha value is -3.53. The predicted molar refractivity (Wildman–Crippen MR) is 144 cm³/mol. The number of hydrogen-bond acceptors (Lipinski definition) is 8. The maximum absolute atomic E-state index is 11.6. The lowest BCUT2D eigenvalue weighted by Crippen LogP contribution is -2.19. The van der Waals surface area contributed by atoms with Crippen molar-refractivity contribution >= 4 is 52.2 Å². The summed E-state index contributed by atoms with van der Waals surface area (Å²) in [5, 5.41) is 14.7. The minimum atomic E-state index is -0.540. The molecule has 196 valence electrons. The Labute approximate surface area is 229 Å². The zero-order chi connectivity index (χ0) is 26.6. The van der Waals surface area contributed by atoms with Gasteiger partial charge in [-0.25, -0.2) is 9.48 Å². The second-order valence-electron chi connectivity index (χ2n) is 8.78. The number of benzene rings is 1. The van der Waals surface area contributed by atoms with Crippen LogP contribution in [0, 0.1) is 0 Å². The average molecular weight is 554 g/mol. The number of halogens is 2. The van der Waals surface area contributed by atoms with Crippen molar-refractivity contribution in [3.63, 3.8) is 0 Å². The molecule has 0 radical (unpaired) electrons. The Morgan fingerprint density at radius 2 is 1.95 bits per heavy atom. The number of esters is 1. The van der Waals surface area contributed by atoms with Gasteiger partial charge in [0.2, 0.25) is 0 Å². The van der Waals surface area contributed by atoms with Crippen molar-refractivity contribution in [1.29, 1.82) is 0 Å². The molecule has 1 aliphatic heterocycles. The highest BCUT2D eigenvalue weighted by Gasteiger charge is 2.22. The number of carbonyl (C=O) groups is 1. The first-order valence-corrected chi connectivity index (χ1v) is 12.9. The van der Waals surface area contributed by atoms with Crippen molar-refractivity contribution in [1.82, 2.24) is 25.0 Å². The van der Waals surface area contributed by atoms with Crippen molar-refractivity contribution in [2.24, 2.45) is 0 Å². The molecule has 2 atom stereocenters. The molecule has 3 aromatic heterocycles. The first-order chi connectivity index (χ1) is 18.4. The van der Waals surface area contributed by atoms with Crippen LogP contribution in [0.4, 0.5) is 0 Å². The lowest BCUT2D eigenvalue weighted by molar-refractivity contribution is -0.0367. The topological polar surface area (TPSA) is 101 Å². The van der Waals surface area contributed by atoms with Crippen LogP contribution in [0.5, 0.6) is 5.75 Å². The highest BCUT2D eigenvalue weighted by molar-refractivity contribution is 6.35. The van der Waals surface area contributed by atoms with E-state index in [1.54, 1.807) is 30.6 Å². The molecule has 2 unspecified atom stereocenters. The minimum Gasteiger partial charge on any atom is -0.486 e. The second-order valence-corrected chi connectivity index (χ2v) is 9.59. The molecule has 5 rings (SSSR count). The molecule has 11 heteroatoms. The molecule has 0 amide bonds. The first-order valence-electron chi connectivity index (χ1n) is 12.1. The van der Waals surface area contributed by atoms with E-state index in [4.69, 9.17) is 37.8 Å². The molecule has 9 nitrogen and oxygen atoms in total. The van der Waals surface area contributed by atoms with Crippen LogP contribution in [-0.4, -0.2) is 44.6 Å². The van der Waals surface area contributed by atoms with Crippen LogP contribution in [0.15, 0.2) is 42.7 Å². The Morgan fingerprint density at radius 3 is 2.63 bits per heavy atom. The number of nitrogens with zero attached hydrogens (tertiary/aromatic N) is 5. The molecule has 0 aliphatic carbocycles. The Morgan fingerprint density at radius 1 is 1.13 bits per heavy atom. The van der Waals surface area contributed by atoms with Gasteiger partial charge in [0.25, 0.3) is 0 Å². The Kier molecular flexibility index (Phi) is 7.87. The third kappa shape index (κ3) is 5.50. The van der Waals surface area contributed by atoms with Crippen molar-refractivity contribution in [3.8, 4) is 5.75 Å². The molecule has 1 saturated heterocycles. The highest BCUT2D eigenvalue weighted by atomic mass is 35.5. The fraction of sp³-hybridized carbons (Fsp3) is 0.296. The summed E-state index contributed by atoms with van der Waals surface area (Å²) in [4.78, 5) is 15.7. The van der Waals surface area contributed by atoms with E-state index in [2.05, 4.69) is 19.9 Å². The Balaban J connectivity index is 1.49. The van der Waals surface area contributed by atoms with Crippen LogP contribution in [0.1, 0.15) is 66.0 Å². The summed E-state index contributed by atoms with van der Waals surface area (Å²) in [6.45, 7) is 2.58. The molecule has 1 aromatic carbocycles. The summed E-state index contributed by atoms with van der Waals surface area (Å²) in [6.07, 6.45) is 9.18. The maximum atomic E-state index is 11.6. The normalized spacial score (nSPS) is 16.6. The van der Waals surface area contributed by atoms with Crippen LogP contribution >= 0.6 is 23.2 Å². The summed E-state index contributed by atoms with van der Waals surface area (Å²) in [5.74, 6) is 0.0938. The number of pyridine rings is 1. The van der Waals surface area contributed by atoms with E-state index < -0.39 is 12.1 Å². The van der Waals surface area contributed by atoms with Crippen LogP contribution in [0.2, 0.25) is 10.0 Å².